The predicted octanol–water partition coefficient (Wildman–Crippen LogP) is 1.01. The lowest BCUT2D eigenvalue weighted by atomic mass is 10.1. The van der Waals surface area contributed by atoms with Crippen LogP contribution in [0.1, 0.15) is 0 Å². The Morgan fingerprint density at radius 2 is 1.89 bits per heavy atom. The third-order valence-corrected chi connectivity index (χ3v) is 2.81. The average molecular weight is 267 g/mol. The van der Waals surface area contributed by atoms with E-state index < -0.39 is 10.1 Å². The standard InChI is InChI=1S/C11H13N3O3S/c1-14-11(12)7-10(13-14)8-3-5-9(6-4-8)17-18(2,15)16/h3-7H,12H2,1-2H3. The lowest BCUT2D eigenvalue weighted by Gasteiger charge is -2.03. The molecule has 2 rings (SSSR count). The van der Waals surface area contributed by atoms with E-state index >= 15 is 0 Å². The molecule has 7 heteroatoms. The largest absolute Gasteiger partial charge is 0.384 e. The van der Waals surface area contributed by atoms with Gasteiger partial charge in [0.15, 0.2) is 0 Å². The molecule has 0 aliphatic carbocycles. The lowest BCUT2D eigenvalue weighted by Crippen LogP contribution is -2.05. The van der Waals surface area contributed by atoms with E-state index in [1.165, 1.54) is 0 Å². The molecular weight excluding hydrogens is 254 g/mol. The van der Waals surface area contributed by atoms with Gasteiger partial charge in [0, 0.05) is 18.7 Å². The third kappa shape index (κ3) is 2.80. The van der Waals surface area contributed by atoms with Crippen LogP contribution in [-0.2, 0) is 17.2 Å². The summed E-state index contributed by atoms with van der Waals surface area (Å²) in [6.45, 7) is 0. The van der Waals surface area contributed by atoms with Gasteiger partial charge in [0.25, 0.3) is 0 Å². The van der Waals surface area contributed by atoms with Crippen molar-refractivity contribution in [2.75, 3.05) is 12.0 Å². The zero-order valence-corrected chi connectivity index (χ0v) is 10.8. The van der Waals surface area contributed by atoms with Gasteiger partial charge in [0.2, 0.25) is 0 Å². The van der Waals surface area contributed by atoms with E-state index in [1.807, 2.05) is 0 Å². The molecule has 2 aromatic rings. The van der Waals surface area contributed by atoms with Crippen LogP contribution in [0.3, 0.4) is 0 Å². The number of anilines is 1. The highest BCUT2D eigenvalue weighted by Crippen LogP contribution is 2.23. The van der Waals surface area contributed by atoms with Gasteiger partial charge < -0.3 is 9.92 Å². The molecule has 0 amide bonds. The summed E-state index contributed by atoms with van der Waals surface area (Å²) in [7, 11) is -1.75. The molecule has 0 saturated heterocycles. The van der Waals surface area contributed by atoms with E-state index in [1.54, 1.807) is 42.1 Å². The van der Waals surface area contributed by atoms with Crippen molar-refractivity contribution in [3.8, 4) is 17.0 Å². The van der Waals surface area contributed by atoms with Crippen LogP contribution in [0.4, 0.5) is 5.82 Å². The fraction of sp³-hybridized carbons (Fsp3) is 0.182. The Bertz CT molecular complexity index is 640. The zero-order chi connectivity index (χ0) is 13.3. The number of nitrogen functional groups attached to an aromatic ring is 1. The van der Waals surface area contributed by atoms with Crippen LogP contribution in [0.25, 0.3) is 11.3 Å². The summed E-state index contributed by atoms with van der Waals surface area (Å²) in [5.41, 5.74) is 7.25. The Morgan fingerprint density at radius 1 is 1.28 bits per heavy atom. The summed E-state index contributed by atoms with van der Waals surface area (Å²) in [4.78, 5) is 0. The summed E-state index contributed by atoms with van der Waals surface area (Å²) in [5.74, 6) is 0.826. The highest BCUT2D eigenvalue weighted by atomic mass is 32.2. The number of hydrogen-bond donors (Lipinski definition) is 1. The number of nitrogens with two attached hydrogens (primary N) is 1. The number of nitrogens with zero attached hydrogens (tertiary/aromatic N) is 2. The molecule has 0 unspecified atom stereocenters. The van der Waals surface area contributed by atoms with Crippen LogP contribution in [0.5, 0.6) is 5.75 Å². The normalized spacial score (nSPS) is 11.4. The van der Waals surface area contributed by atoms with Crippen molar-refractivity contribution < 1.29 is 12.6 Å². The Hall–Kier alpha value is -2.02. The molecule has 1 aromatic carbocycles. The minimum atomic E-state index is -3.50. The molecule has 0 aliphatic rings. The number of rotatable bonds is 3. The Balaban J connectivity index is 2.27. The summed E-state index contributed by atoms with van der Waals surface area (Å²) in [5, 5.41) is 4.22. The van der Waals surface area contributed by atoms with Crippen LogP contribution in [-0.4, -0.2) is 24.5 Å². The van der Waals surface area contributed by atoms with Crippen molar-refractivity contribution in [1.82, 2.24) is 9.78 Å². The van der Waals surface area contributed by atoms with Gasteiger partial charge in [-0.25, -0.2) is 0 Å². The third-order valence-electron chi connectivity index (χ3n) is 2.31. The minimum Gasteiger partial charge on any atom is -0.384 e. The first-order valence-corrected chi connectivity index (χ1v) is 6.96. The summed E-state index contributed by atoms with van der Waals surface area (Å²) in [6.07, 6.45) is 1.00. The maximum absolute atomic E-state index is 10.9. The molecule has 0 saturated carbocycles. The van der Waals surface area contributed by atoms with Gasteiger partial charge in [-0.05, 0) is 24.3 Å². The number of hydrogen-bond acceptors (Lipinski definition) is 5. The first-order chi connectivity index (χ1) is 8.35. The van der Waals surface area contributed by atoms with Crippen molar-refractivity contribution in [2.24, 2.45) is 7.05 Å². The van der Waals surface area contributed by atoms with Crippen LogP contribution in [0, 0.1) is 0 Å². The molecule has 0 bridgehead atoms. The van der Waals surface area contributed by atoms with Gasteiger partial charge in [0.1, 0.15) is 11.6 Å². The van der Waals surface area contributed by atoms with Gasteiger partial charge in [0.05, 0.1) is 11.9 Å². The molecule has 0 fully saturated rings. The van der Waals surface area contributed by atoms with E-state index in [-0.39, 0.29) is 5.75 Å². The molecule has 0 atom stereocenters. The van der Waals surface area contributed by atoms with Gasteiger partial charge in [-0.1, -0.05) is 0 Å². The molecule has 96 valence electrons. The molecule has 0 radical (unpaired) electrons. The zero-order valence-electron chi connectivity index (χ0n) is 9.99. The second kappa shape index (κ2) is 4.34. The fourth-order valence-corrected chi connectivity index (χ4v) is 1.94. The van der Waals surface area contributed by atoms with Gasteiger partial charge in [-0.15, -0.1) is 0 Å². The van der Waals surface area contributed by atoms with Crippen LogP contribution in [0.15, 0.2) is 30.3 Å². The Morgan fingerprint density at radius 3 is 2.33 bits per heavy atom. The molecule has 0 aliphatic heterocycles. The van der Waals surface area contributed by atoms with Gasteiger partial charge in [-0.3, -0.25) is 4.68 Å². The van der Waals surface area contributed by atoms with E-state index in [0.29, 0.717) is 5.82 Å². The van der Waals surface area contributed by atoms with E-state index in [0.717, 1.165) is 17.5 Å². The molecule has 2 N–H and O–H groups in total. The van der Waals surface area contributed by atoms with Gasteiger partial charge >= 0.3 is 10.1 Å². The number of aromatic nitrogens is 2. The quantitative estimate of drug-likeness (QED) is 0.838. The van der Waals surface area contributed by atoms with Crippen molar-refractivity contribution in [3.63, 3.8) is 0 Å². The highest BCUT2D eigenvalue weighted by molar-refractivity contribution is 7.86. The molecule has 1 aromatic heterocycles. The second-order valence-electron chi connectivity index (χ2n) is 3.89. The molecule has 18 heavy (non-hydrogen) atoms. The predicted molar refractivity (Wildman–Crippen MR) is 68.5 cm³/mol. The van der Waals surface area contributed by atoms with Crippen molar-refractivity contribution in [1.29, 1.82) is 0 Å². The maximum atomic E-state index is 10.9. The van der Waals surface area contributed by atoms with Gasteiger partial charge in [-0.2, -0.15) is 13.5 Å². The average Bonchev–Trinajstić information content (AvgIpc) is 2.58. The summed E-state index contributed by atoms with van der Waals surface area (Å²) < 4.78 is 28.2. The first-order valence-electron chi connectivity index (χ1n) is 5.14. The number of benzene rings is 1. The first kappa shape index (κ1) is 12.4. The SMILES string of the molecule is Cn1nc(-c2ccc(OS(C)(=O)=O)cc2)cc1N. The van der Waals surface area contributed by atoms with Crippen molar-refractivity contribution in [3.05, 3.63) is 30.3 Å². The van der Waals surface area contributed by atoms with E-state index in [4.69, 9.17) is 9.92 Å². The highest BCUT2D eigenvalue weighted by Gasteiger charge is 2.07. The molecule has 1 heterocycles. The molecule has 6 nitrogen and oxygen atoms in total. The monoisotopic (exact) mass is 267 g/mol. The summed E-state index contributed by atoms with van der Waals surface area (Å²) in [6, 6.07) is 8.33. The van der Waals surface area contributed by atoms with Crippen molar-refractivity contribution >= 4 is 15.9 Å². The minimum absolute atomic E-state index is 0.269. The van der Waals surface area contributed by atoms with Crippen LogP contribution in [0.2, 0.25) is 0 Å². The van der Waals surface area contributed by atoms with Crippen LogP contribution < -0.4 is 9.92 Å². The maximum Gasteiger partial charge on any atom is 0.306 e. The second-order valence-corrected chi connectivity index (χ2v) is 5.46. The number of aryl methyl sites for hydroxylation is 1. The topological polar surface area (TPSA) is 87.2 Å². The fourth-order valence-electron chi connectivity index (χ4n) is 1.48. The van der Waals surface area contributed by atoms with E-state index in [2.05, 4.69) is 5.10 Å². The van der Waals surface area contributed by atoms with E-state index in [9.17, 15) is 8.42 Å². The smallest absolute Gasteiger partial charge is 0.306 e. The molecule has 0 spiro atoms. The Labute approximate surface area is 105 Å². The molecular formula is C11H13N3O3S. The van der Waals surface area contributed by atoms with Crippen LogP contribution >= 0.6 is 0 Å². The van der Waals surface area contributed by atoms with Crippen molar-refractivity contribution in [2.45, 2.75) is 0 Å². The Kier molecular flexibility index (Phi) is 3.00. The summed E-state index contributed by atoms with van der Waals surface area (Å²) >= 11 is 0. The lowest BCUT2D eigenvalue weighted by molar-refractivity contribution is 0.493.